The predicted octanol–water partition coefficient (Wildman–Crippen LogP) is 3.98. The normalized spacial score (nSPS) is 12.7. The molecule has 1 atom stereocenters. The van der Waals surface area contributed by atoms with Gasteiger partial charge in [0.2, 0.25) is 5.91 Å². The molecule has 22 heavy (non-hydrogen) atoms. The minimum atomic E-state index is -0.165. The lowest BCUT2D eigenvalue weighted by Gasteiger charge is -2.07. The highest BCUT2D eigenvalue weighted by Crippen LogP contribution is 2.10. The first-order valence-corrected chi connectivity index (χ1v) is 9.03. The number of nitrogens with one attached hydrogen (secondary N) is 1. The summed E-state index contributed by atoms with van der Waals surface area (Å²) >= 11 is 0. The molecule has 1 unspecified atom stereocenters. The third kappa shape index (κ3) is 15.5. The fraction of sp³-hybridized carbons (Fsp3) is 0.833. The van der Waals surface area contributed by atoms with E-state index < -0.39 is 0 Å². The molecule has 0 saturated heterocycles. The number of aliphatic hydroxyl groups is 1. The average molecular weight is 312 g/mol. The van der Waals surface area contributed by atoms with Crippen molar-refractivity contribution in [2.24, 2.45) is 5.84 Å². The van der Waals surface area contributed by atoms with Crippen LogP contribution in [0.2, 0.25) is 0 Å². The second-order valence-corrected chi connectivity index (χ2v) is 6.08. The first-order valence-electron chi connectivity index (χ1n) is 9.03. The number of hydrazine groups is 1. The molecule has 0 rings (SSSR count). The summed E-state index contributed by atoms with van der Waals surface area (Å²) in [6.45, 7) is 2.20. The van der Waals surface area contributed by atoms with Crippen LogP contribution in [0.15, 0.2) is 12.2 Å². The van der Waals surface area contributed by atoms with E-state index in [4.69, 9.17) is 5.84 Å². The molecule has 0 fully saturated rings. The molecule has 0 aromatic rings. The molecule has 0 aliphatic heterocycles. The molecule has 0 spiro atoms. The Kier molecular flexibility index (Phi) is 15.8. The quantitative estimate of drug-likeness (QED) is 0.141. The van der Waals surface area contributed by atoms with Gasteiger partial charge in [0.1, 0.15) is 0 Å². The first-order chi connectivity index (χ1) is 10.7. The van der Waals surface area contributed by atoms with Crippen LogP contribution in [0.25, 0.3) is 0 Å². The summed E-state index contributed by atoms with van der Waals surface area (Å²) in [6, 6.07) is 0. The van der Waals surface area contributed by atoms with Crippen LogP contribution >= 0.6 is 0 Å². The van der Waals surface area contributed by atoms with Gasteiger partial charge in [-0.3, -0.25) is 10.2 Å². The lowest BCUT2D eigenvalue weighted by atomic mass is 10.1. The number of unbranched alkanes of at least 4 members (excludes halogenated alkanes) is 8. The molecule has 0 bridgehead atoms. The summed E-state index contributed by atoms with van der Waals surface area (Å²) in [4.78, 5) is 10.9. The molecular formula is C18H36N2O2. The second kappa shape index (κ2) is 16.5. The molecule has 0 aliphatic rings. The van der Waals surface area contributed by atoms with E-state index in [0.717, 1.165) is 38.5 Å². The highest BCUT2D eigenvalue weighted by Gasteiger charge is 2.00. The zero-order valence-corrected chi connectivity index (χ0v) is 14.4. The lowest BCUT2D eigenvalue weighted by molar-refractivity contribution is -0.121. The van der Waals surface area contributed by atoms with Gasteiger partial charge in [0.15, 0.2) is 0 Å². The highest BCUT2D eigenvalue weighted by molar-refractivity contribution is 5.74. The van der Waals surface area contributed by atoms with Gasteiger partial charge in [0.25, 0.3) is 0 Å². The summed E-state index contributed by atoms with van der Waals surface area (Å²) < 4.78 is 0. The molecule has 1 amide bonds. The summed E-state index contributed by atoms with van der Waals surface area (Å²) in [5.41, 5.74) is 2.15. The fourth-order valence-corrected chi connectivity index (χ4v) is 2.45. The SMILES string of the molecule is CCCCCCC(O)C/C=C/CCCCCCCC(=O)NN. The average Bonchev–Trinajstić information content (AvgIpc) is 2.53. The van der Waals surface area contributed by atoms with Crippen LogP contribution in [0.5, 0.6) is 0 Å². The van der Waals surface area contributed by atoms with Crippen LogP contribution in [0.3, 0.4) is 0 Å². The number of hydrogen-bond acceptors (Lipinski definition) is 3. The summed E-state index contributed by atoms with van der Waals surface area (Å²) in [6.07, 6.45) is 18.0. The minimum absolute atomic E-state index is 0.0730. The van der Waals surface area contributed by atoms with Crippen molar-refractivity contribution in [2.45, 2.75) is 96.5 Å². The number of hydrogen-bond donors (Lipinski definition) is 3. The Hall–Kier alpha value is -0.870. The maximum Gasteiger partial charge on any atom is 0.233 e. The number of amides is 1. The van der Waals surface area contributed by atoms with Gasteiger partial charge >= 0.3 is 0 Å². The van der Waals surface area contributed by atoms with Crippen LogP contribution in [0.1, 0.15) is 90.4 Å². The van der Waals surface area contributed by atoms with Crippen LogP contribution < -0.4 is 11.3 Å². The summed E-state index contributed by atoms with van der Waals surface area (Å²) in [5.74, 6) is 4.94. The number of nitrogens with two attached hydrogens (primary N) is 1. The van der Waals surface area contributed by atoms with E-state index in [9.17, 15) is 9.90 Å². The number of carbonyl (C=O) groups is 1. The molecule has 0 heterocycles. The van der Waals surface area contributed by atoms with Gasteiger partial charge < -0.3 is 5.11 Å². The zero-order valence-electron chi connectivity index (χ0n) is 14.4. The van der Waals surface area contributed by atoms with Crippen molar-refractivity contribution in [3.8, 4) is 0 Å². The lowest BCUT2D eigenvalue weighted by Crippen LogP contribution is -2.29. The number of allylic oxidation sites excluding steroid dienone is 1. The van der Waals surface area contributed by atoms with Gasteiger partial charge in [-0.2, -0.15) is 0 Å². The smallest absolute Gasteiger partial charge is 0.233 e. The molecule has 130 valence electrons. The van der Waals surface area contributed by atoms with E-state index in [-0.39, 0.29) is 12.0 Å². The van der Waals surface area contributed by atoms with Crippen LogP contribution in [0, 0.1) is 0 Å². The van der Waals surface area contributed by atoms with Crippen molar-refractivity contribution >= 4 is 5.91 Å². The van der Waals surface area contributed by atoms with Crippen molar-refractivity contribution in [2.75, 3.05) is 0 Å². The predicted molar refractivity (Wildman–Crippen MR) is 93.2 cm³/mol. The van der Waals surface area contributed by atoms with Gasteiger partial charge in [-0.1, -0.05) is 64.0 Å². The van der Waals surface area contributed by atoms with E-state index in [0.29, 0.717) is 6.42 Å². The van der Waals surface area contributed by atoms with Gasteiger partial charge in [-0.15, -0.1) is 0 Å². The Balaban J connectivity index is 3.28. The summed E-state index contributed by atoms with van der Waals surface area (Å²) in [7, 11) is 0. The topological polar surface area (TPSA) is 75.3 Å². The molecule has 4 N–H and O–H groups in total. The van der Waals surface area contributed by atoms with Crippen molar-refractivity contribution in [3.63, 3.8) is 0 Å². The largest absolute Gasteiger partial charge is 0.393 e. The third-order valence-corrected chi connectivity index (χ3v) is 3.90. The monoisotopic (exact) mass is 312 g/mol. The number of rotatable bonds is 15. The van der Waals surface area contributed by atoms with Gasteiger partial charge in [-0.05, 0) is 32.1 Å². The van der Waals surface area contributed by atoms with E-state index >= 15 is 0 Å². The second-order valence-electron chi connectivity index (χ2n) is 6.08. The number of carbonyl (C=O) groups excluding carboxylic acids is 1. The Labute approximate surface area is 136 Å². The van der Waals surface area contributed by atoms with Crippen LogP contribution in [0.4, 0.5) is 0 Å². The maximum atomic E-state index is 10.9. The highest BCUT2D eigenvalue weighted by atomic mass is 16.3. The van der Waals surface area contributed by atoms with E-state index in [1.54, 1.807) is 0 Å². The van der Waals surface area contributed by atoms with E-state index in [2.05, 4.69) is 24.5 Å². The molecule has 0 aromatic heterocycles. The van der Waals surface area contributed by atoms with Gasteiger partial charge in [-0.25, -0.2) is 5.84 Å². The molecule has 0 saturated carbocycles. The van der Waals surface area contributed by atoms with Crippen LogP contribution in [-0.2, 0) is 4.79 Å². The first kappa shape index (κ1) is 21.1. The van der Waals surface area contributed by atoms with Crippen molar-refractivity contribution in [3.05, 3.63) is 12.2 Å². The number of aliphatic hydroxyl groups excluding tert-OH is 1. The molecular weight excluding hydrogens is 276 g/mol. The molecule has 0 aliphatic carbocycles. The van der Waals surface area contributed by atoms with Gasteiger partial charge in [0, 0.05) is 6.42 Å². The Morgan fingerprint density at radius 2 is 1.73 bits per heavy atom. The van der Waals surface area contributed by atoms with Gasteiger partial charge in [0.05, 0.1) is 6.10 Å². The van der Waals surface area contributed by atoms with Crippen molar-refractivity contribution in [1.82, 2.24) is 5.43 Å². The standard InChI is InChI=1S/C18H36N2O2/c1-2-3-4-11-14-17(21)15-12-9-7-5-6-8-10-13-16-18(22)20-19/h9,12,17,21H,2-8,10-11,13-16,19H2,1H3,(H,20,22)/b12-9+. The van der Waals surface area contributed by atoms with Crippen molar-refractivity contribution in [1.29, 1.82) is 0 Å². The Morgan fingerprint density at radius 1 is 1.05 bits per heavy atom. The third-order valence-electron chi connectivity index (χ3n) is 3.90. The molecule has 0 radical (unpaired) electrons. The molecule has 0 aromatic carbocycles. The van der Waals surface area contributed by atoms with Crippen LogP contribution in [-0.4, -0.2) is 17.1 Å². The Bertz CT molecular complexity index is 280. The minimum Gasteiger partial charge on any atom is -0.393 e. The Morgan fingerprint density at radius 3 is 2.45 bits per heavy atom. The fourth-order valence-electron chi connectivity index (χ4n) is 2.45. The summed E-state index contributed by atoms with van der Waals surface area (Å²) in [5, 5.41) is 9.82. The van der Waals surface area contributed by atoms with E-state index in [1.807, 2.05) is 0 Å². The molecule has 4 heteroatoms. The molecule has 4 nitrogen and oxygen atoms in total. The van der Waals surface area contributed by atoms with E-state index in [1.165, 1.54) is 38.5 Å². The zero-order chi connectivity index (χ0) is 16.5. The van der Waals surface area contributed by atoms with Crippen molar-refractivity contribution < 1.29 is 9.90 Å². The maximum absolute atomic E-state index is 10.9.